The van der Waals surface area contributed by atoms with Gasteiger partial charge in [0.25, 0.3) is 5.92 Å². The molecule has 136 valence electrons. The van der Waals surface area contributed by atoms with Crippen LogP contribution in [0.2, 0.25) is 0 Å². The van der Waals surface area contributed by atoms with Gasteiger partial charge >= 0.3 is 6.03 Å². The highest BCUT2D eigenvalue weighted by atomic mass is 19.3. The number of fused-ring (bicyclic) bond motifs is 3. The summed E-state index contributed by atoms with van der Waals surface area (Å²) in [6, 6.07) is 5.42. The average Bonchev–Trinajstić information content (AvgIpc) is 3.00. The Morgan fingerprint density at radius 2 is 2.16 bits per heavy atom. The largest absolute Gasteiger partial charge is 0.486 e. The maximum atomic E-state index is 13.8. The fourth-order valence-electron chi connectivity index (χ4n) is 4.04. The first kappa shape index (κ1) is 16.4. The van der Waals surface area contributed by atoms with Crippen LogP contribution in [0.4, 0.5) is 13.6 Å². The number of alkyl halides is 2. The molecule has 1 saturated heterocycles. The van der Waals surface area contributed by atoms with Crippen molar-refractivity contribution in [3.63, 3.8) is 0 Å². The highest BCUT2D eigenvalue weighted by Crippen LogP contribution is 2.45. The molecule has 5 nitrogen and oxygen atoms in total. The van der Waals surface area contributed by atoms with Gasteiger partial charge in [-0.2, -0.15) is 0 Å². The number of likely N-dealkylation sites (tertiary alicyclic amines) is 1. The standard InChI is InChI=1S/C18H22F2N2O3/c19-18(20)6-4-14-10-13(18)11-22(14)17(23)21-7-5-12-2-1-3-15-16(12)25-9-8-24-15/h1-3,13-14H,4-11H2,(H,21,23). The minimum Gasteiger partial charge on any atom is -0.486 e. The summed E-state index contributed by atoms with van der Waals surface area (Å²) >= 11 is 0. The molecule has 2 unspecified atom stereocenters. The lowest BCUT2D eigenvalue weighted by Gasteiger charge is -2.28. The van der Waals surface area contributed by atoms with Gasteiger partial charge in [-0.1, -0.05) is 12.1 Å². The summed E-state index contributed by atoms with van der Waals surface area (Å²) in [5.74, 6) is -1.86. The highest BCUT2D eigenvalue weighted by Gasteiger charge is 2.52. The van der Waals surface area contributed by atoms with E-state index in [1.807, 2.05) is 18.2 Å². The number of urea groups is 1. The van der Waals surface area contributed by atoms with Gasteiger partial charge in [-0.3, -0.25) is 0 Å². The number of nitrogens with one attached hydrogen (secondary N) is 1. The summed E-state index contributed by atoms with van der Waals surface area (Å²) in [6.45, 7) is 1.64. The SMILES string of the molecule is O=C(NCCc1cccc2c1OCCO2)N1CC2CC1CCC2(F)F. The molecule has 3 aliphatic rings. The molecule has 4 rings (SSSR count). The van der Waals surface area contributed by atoms with Gasteiger partial charge in [-0.25, -0.2) is 13.6 Å². The van der Waals surface area contributed by atoms with Crippen molar-refractivity contribution < 1.29 is 23.0 Å². The zero-order chi connectivity index (χ0) is 17.4. The molecule has 2 heterocycles. The number of nitrogens with zero attached hydrogens (tertiary/aromatic N) is 1. The van der Waals surface area contributed by atoms with E-state index in [-0.39, 0.29) is 25.0 Å². The molecule has 1 aromatic carbocycles. The number of ether oxygens (including phenoxy) is 2. The third-order valence-corrected chi connectivity index (χ3v) is 5.40. The van der Waals surface area contributed by atoms with Crippen molar-refractivity contribution in [1.29, 1.82) is 0 Å². The Hall–Kier alpha value is -2.05. The molecular weight excluding hydrogens is 330 g/mol. The predicted octanol–water partition coefficient (Wildman–Crippen LogP) is 2.83. The van der Waals surface area contributed by atoms with Gasteiger partial charge in [0.15, 0.2) is 11.5 Å². The highest BCUT2D eigenvalue weighted by molar-refractivity contribution is 5.75. The Morgan fingerprint density at radius 3 is 3.00 bits per heavy atom. The van der Waals surface area contributed by atoms with Gasteiger partial charge in [0.05, 0.1) is 0 Å². The summed E-state index contributed by atoms with van der Waals surface area (Å²) in [7, 11) is 0. The predicted molar refractivity (Wildman–Crippen MR) is 87.3 cm³/mol. The Bertz CT molecular complexity index is 668. The molecule has 1 aliphatic carbocycles. The van der Waals surface area contributed by atoms with Crippen LogP contribution in [0.3, 0.4) is 0 Å². The maximum Gasteiger partial charge on any atom is 0.317 e. The third-order valence-electron chi connectivity index (χ3n) is 5.40. The minimum absolute atomic E-state index is 0.0501. The topological polar surface area (TPSA) is 50.8 Å². The summed E-state index contributed by atoms with van der Waals surface area (Å²) in [5.41, 5.74) is 0.976. The van der Waals surface area contributed by atoms with Gasteiger partial charge in [0.1, 0.15) is 13.2 Å². The first-order chi connectivity index (χ1) is 12.0. The second kappa shape index (κ2) is 6.35. The van der Waals surface area contributed by atoms with E-state index in [0.29, 0.717) is 39.0 Å². The average molecular weight is 352 g/mol. The van der Waals surface area contributed by atoms with Crippen molar-refractivity contribution in [2.75, 3.05) is 26.3 Å². The summed E-state index contributed by atoms with van der Waals surface area (Å²) in [6.07, 6.45) is 1.29. The quantitative estimate of drug-likeness (QED) is 0.910. The van der Waals surface area contributed by atoms with Gasteiger partial charge in [-0.15, -0.1) is 0 Å². The molecule has 7 heteroatoms. The first-order valence-corrected chi connectivity index (χ1v) is 8.84. The van der Waals surface area contributed by atoms with Crippen LogP contribution in [0.5, 0.6) is 11.5 Å². The summed E-state index contributed by atoms with van der Waals surface area (Å²) < 4.78 is 38.8. The summed E-state index contributed by atoms with van der Waals surface area (Å²) in [5, 5.41) is 2.87. The van der Waals surface area contributed by atoms with E-state index in [1.54, 1.807) is 4.90 Å². The normalized spacial score (nSPS) is 26.4. The summed E-state index contributed by atoms with van der Waals surface area (Å²) in [4.78, 5) is 14.0. The van der Waals surface area contributed by atoms with E-state index >= 15 is 0 Å². The smallest absolute Gasteiger partial charge is 0.317 e. The number of hydrogen-bond donors (Lipinski definition) is 1. The van der Waals surface area contributed by atoms with Crippen LogP contribution in [0, 0.1) is 5.92 Å². The van der Waals surface area contributed by atoms with E-state index in [2.05, 4.69) is 5.32 Å². The van der Waals surface area contributed by atoms with Gasteiger partial charge in [-0.05, 0) is 30.9 Å². The van der Waals surface area contributed by atoms with Crippen LogP contribution in [0.25, 0.3) is 0 Å². The first-order valence-electron chi connectivity index (χ1n) is 8.84. The van der Waals surface area contributed by atoms with Crippen LogP contribution in [0.1, 0.15) is 24.8 Å². The van der Waals surface area contributed by atoms with Crippen molar-refractivity contribution in [1.82, 2.24) is 10.2 Å². The molecule has 2 aliphatic heterocycles. The van der Waals surface area contributed by atoms with E-state index in [0.717, 1.165) is 17.1 Å². The van der Waals surface area contributed by atoms with Crippen molar-refractivity contribution in [2.45, 2.75) is 37.6 Å². The zero-order valence-corrected chi connectivity index (χ0v) is 14.0. The molecule has 2 atom stereocenters. The van der Waals surface area contributed by atoms with Crippen molar-refractivity contribution in [3.8, 4) is 11.5 Å². The number of amides is 2. The number of hydrogen-bond acceptors (Lipinski definition) is 3. The number of carbonyl (C=O) groups is 1. The molecule has 2 bridgehead atoms. The van der Waals surface area contributed by atoms with Gasteiger partial charge < -0.3 is 19.7 Å². The fraction of sp³-hybridized carbons (Fsp3) is 0.611. The van der Waals surface area contributed by atoms with E-state index in [1.165, 1.54) is 0 Å². The number of carbonyl (C=O) groups excluding carboxylic acids is 1. The Balaban J connectivity index is 1.33. The number of halogens is 2. The fourth-order valence-corrected chi connectivity index (χ4v) is 4.04. The van der Waals surface area contributed by atoms with Crippen LogP contribution < -0.4 is 14.8 Å². The maximum absolute atomic E-state index is 13.8. The molecule has 25 heavy (non-hydrogen) atoms. The molecule has 0 aromatic heterocycles. The molecule has 1 saturated carbocycles. The molecule has 0 spiro atoms. The van der Waals surface area contributed by atoms with E-state index in [9.17, 15) is 13.6 Å². The molecule has 2 amide bonds. The van der Waals surface area contributed by atoms with Crippen LogP contribution in [-0.4, -0.2) is 49.2 Å². The van der Waals surface area contributed by atoms with E-state index in [4.69, 9.17) is 9.47 Å². The van der Waals surface area contributed by atoms with Gasteiger partial charge in [0.2, 0.25) is 0 Å². The third kappa shape index (κ3) is 3.12. The van der Waals surface area contributed by atoms with Crippen LogP contribution in [0.15, 0.2) is 18.2 Å². The number of benzene rings is 1. The van der Waals surface area contributed by atoms with Crippen molar-refractivity contribution in [2.24, 2.45) is 5.92 Å². The second-order valence-electron chi connectivity index (χ2n) is 6.96. The number of para-hydroxylation sites is 1. The number of rotatable bonds is 3. The van der Waals surface area contributed by atoms with Crippen molar-refractivity contribution >= 4 is 6.03 Å². The monoisotopic (exact) mass is 352 g/mol. The van der Waals surface area contributed by atoms with Crippen LogP contribution in [-0.2, 0) is 6.42 Å². The minimum atomic E-state index is -2.63. The zero-order valence-electron chi connectivity index (χ0n) is 14.0. The molecule has 1 N–H and O–H groups in total. The molecule has 1 aromatic rings. The molecular formula is C18H22F2N2O3. The lowest BCUT2D eigenvalue weighted by molar-refractivity contribution is -0.0709. The Morgan fingerprint density at radius 1 is 1.32 bits per heavy atom. The Kier molecular flexibility index (Phi) is 4.17. The molecule has 2 fully saturated rings. The van der Waals surface area contributed by atoms with Crippen molar-refractivity contribution in [3.05, 3.63) is 23.8 Å². The van der Waals surface area contributed by atoms with E-state index < -0.39 is 11.8 Å². The second-order valence-corrected chi connectivity index (χ2v) is 6.96. The molecule has 0 radical (unpaired) electrons. The Labute approximate surface area is 145 Å². The van der Waals surface area contributed by atoms with Gasteiger partial charge in [0, 0.05) is 31.5 Å². The lowest BCUT2D eigenvalue weighted by Crippen LogP contribution is -2.43. The lowest BCUT2D eigenvalue weighted by atomic mass is 9.87. The van der Waals surface area contributed by atoms with Crippen LogP contribution >= 0.6 is 0 Å².